The lowest BCUT2D eigenvalue weighted by Gasteiger charge is -2.15. The minimum absolute atomic E-state index is 0.187. The lowest BCUT2D eigenvalue weighted by atomic mass is 10.3. The largest absolute Gasteiger partial charge is 0.320 e. The maximum Gasteiger partial charge on any atom is 0.244 e. The van der Waals surface area contributed by atoms with E-state index in [0.717, 1.165) is 10.4 Å². The third-order valence-corrected chi connectivity index (χ3v) is 5.42. The predicted octanol–water partition coefficient (Wildman–Crippen LogP) is 1.27. The van der Waals surface area contributed by atoms with Crippen molar-refractivity contribution < 1.29 is 8.42 Å². The van der Waals surface area contributed by atoms with Crippen molar-refractivity contribution in [3.05, 3.63) is 46.4 Å². The lowest BCUT2D eigenvalue weighted by molar-refractivity contribution is 0.469. The Morgan fingerprint density at radius 3 is 2.95 bits per heavy atom. The topological polar surface area (TPSA) is 76.3 Å². The number of hydrogen-bond donors (Lipinski definition) is 1. The fraction of sp³-hybridized carbons (Fsp3) is 0.214. The minimum Gasteiger partial charge on any atom is -0.320 e. The lowest BCUT2D eigenvalue weighted by Crippen LogP contribution is -2.26. The Hall–Kier alpha value is -1.72. The van der Waals surface area contributed by atoms with Gasteiger partial charge in [0, 0.05) is 41.8 Å². The standard InChI is InChI=1S/C14H15N3O2S2/c1-17(21(18,19)14-5-3-7-16-9-14)10-13-8-12(11-20-13)4-2-6-15/h3,5,7-9,11H,6,10,15H2,1H3. The molecule has 0 atom stereocenters. The molecule has 0 saturated carbocycles. The van der Waals surface area contributed by atoms with Gasteiger partial charge in [0.2, 0.25) is 10.0 Å². The van der Waals surface area contributed by atoms with Crippen LogP contribution in [0.15, 0.2) is 40.9 Å². The quantitative estimate of drug-likeness (QED) is 0.861. The van der Waals surface area contributed by atoms with Crippen molar-refractivity contribution in [1.29, 1.82) is 0 Å². The fourth-order valence-corrected chi connectivity index (χ4v) is 3.73. The molecular weight excluding hydrogens is 306 g/mol. The molecule has 0 amide bonds. The van der Waals surface area contributed by atoms with Crippen LogP contribution < -0.4 is 5.73 Å². The Bertz CT molecular complexity index is 758. The highest BCUT2D eigenvalue weighted by Crippen LogP contribution is 2.20. The highest BCUT2D eigenvalue weighted by molar-refractivity contribution is 7.89. The minimum atomic E-state index is -3.52. The Morgan fingerprint density at radius 2 is 2.29 bits per heavy atom. The van der Waals surface area contributed by atoms with Gasteiger partial charge in [0.05, 0.1) is 6.54 Å². The van der Waals surface area contributed by atoms with Gasteiger partial charge in [-0.3, -0.25) is 4.98 Å². The van der Waals surface area contributed by atoms with Gasteiger partial charge in [-0.1, -0.05) is 11.8 Å². The van der Waals surface area contributed by atoms with E-state index in [4.69, 9.17) is 5.73 Å². The van der Waals surface area contributed by atoms with Crippen LogP contribution in [-0.2, 0) is 16.6 Å². The number of pyridine rings is 1. The van der Waals surface area contributed by atoms with Gasteiger partial charge in [0.1, 0.15) is 4.90 Å². The van der Waals surface area contributed by atoms with Gasteiger partial charge in [-0.2, -0.15) is 4.31 Å². The predicted molar refractivity (Wildman–Crippen MR) is 83.1 cm³/mol. The first-order valence-electron chi connectivity index (χ1n) is 6.17. The van der Waals surface area contributed by atoms with E-state index in [2.05, 4.69) is 16.8 Å². The Labute approximate surface area is 128 Å². The number of nitrogens with zero attached hydrogens (tertiary/aromatic N) is 2. The molecule has 0 saturated heterocycles. The van der Waals surface area contributed by atoms with E-state index >= 15 is 0 Å². The summed E-state index contributed by atoms with van der Waals surface area (Å²) in [6.45, 7) is 0.604. The van der Waals surface area contributed by atoms with Crippen molar-refractivity contribution in [3.8, 4) is 11.8 Å². The number of sulfonamides is 1. The van der Waals surface area contributed by atoms with Crippen LogP contribution in [0.25, 0.3) is 0 Å². The monoisotopic (exact) mass is 321 g/mol. The molecule has 5 nitrogen and oxygen atoms in total. The SMILES string of the molecule is CN(Cc1cc(C#CCN)cs1)S(=O)(=O)c1cccnc1. The van der Waals surface area contributed by atoms with Crippen LogP contribution in [0.1, 0.15) is 10.4 Å². The van der Waals surface area contributed by atoms with Crippen LogP contribution in [0, 0.1) is 11.8 Å². The highest BCUT2D eigenvalue weighted by atomic mass is 32.2. The zero-order chi connectivity index (χ0) is 15.3. The van der Waals surface area contributed by atoms with Gasteiger partial charge < -0.3 is 5.73 Å². The summed E-state index contributed by atoms with van der Waals surface area (Å²) in [5.41, 5.74) is 6.18. The molecule has 0 bridgehead atoms. The third-order valence-electron chi connectivity index (χ3n) is 2.71. The maximum atomic E-state index is 12.4. The van der Waals surface area contributed by atoms with Gasteiger partial charge in [0.15, 0.2) is 0 Å². The molecule has 0 unspecified atom stereocenters. The van der Waals surface area contributed by atoms with Crippen LogP contribution >= 0.6 is 11.3 Å². The van der Waals surface area contributed by atoms with E-state index < -0.39 is 10.0 Å². The molecule has 0 aromatic carbocycles. The van der Waals surface area contributed by atoms with Gasteiger partial charge in [-0.05, 0) is 18.2 Å². The molecule has 0 aliphatic carbocycles. The zero-order valence-corrected chi connectivity index (χ0v) is 13.1. The molecule has 110 valence electrons. The summed E-state index contributed by atoms with van der Waals surface area (Å²) >= 11 is 1.47. The van der Waals surface area contributed by atoms with E-state index in [-0.39, 0.29) is 4.90 Å². The van der Waals surface area contributed by atoms with Crippen molar-refractivity contribution in [2.45, 2.75) is 11.4 Å². The summed E-state index contributed by atoms with van der Waals surface area (Å²) in [7, 11) is -1.97. The molecule has 2 N–H and O–H groups in total. The van der Waals surface area contributed by atoms with Crippen LogP contribution in [0.2, 0.25) is 0 Å². The Kier molecular flexibility index (Phi) is 5.09. The number of rotatable bonds is 4. The molecule has 0 aliphatic heterocycles. The van der Waals surface area contributed by atoms with E-state index in [1.54, 1.807) is 19.3 Å². The number of nitrogens with two attached hydrogens (primary N) is 1. The fourth-order valence-electron chi connectivity index (χ4n) is 1.67. The van der Waals surface area contributed by atoms with Crippen LogP contribution in [-0.4, -0.2) is 31.3 Å². The molecular formula is C14H15N3O2S2. The first-order valence-corrected chi connectivity index (χ1v) is 8.48. The van der Waals surface area contributed by atoms with Crippen LogP contribution in [0.4, 0.5) is 0 Å². The summed E-state index contributed by atoms with van der Waals surface area (Å²) in [6, 6.07) is 5.01. The summed E-state index contributed by atoms with van der Waals surface area (Å²) in [5.74, 6) is 5.70. The van der Waals surface area contributed by atoms with E-state index in [1.165, 1.54) is 27.9 Å². The molecule has 7 heteroatoms. The average Bonchev–Trinajstić information content (AvgIpc) is 2.93. The molecule has 2 aromatic rings. The number of thiophene rings is 1. The second-order valence-corrected chi connectivity index (χ2v) is 7.30. The molecule has 0 spiro atoms. The van der Waals surface area contributed by atoms with Gasteiger partial charge >= 0.3 is 0 Å². The molecule has 0 aliphatic rings. The first-order chi connectivity index (χ1) is 10.0. The molecule has 2 heterocycles. The van der Waals surface area contributed by atoms with Crippen molar-refractivity contribution >= 4 is 21.4 Å². The summed E-state index contributed by atoms with van der Waals surface area (Å²) in [4.78, 5) is 4.95. The summed E-state index contributed by atoms with van der Waals surface area (Å²) < 4.78 is 26.0. The van der Waals surface area contributed by atoms with E-state index in [9.17, 15) is 8.42 Å². The van der Waals surface area contributed by atoms with E-state index in [1.807, 2.05) is 11.4 Å². The smallest absolute Gasteiger partial charge is 0.244 e. The third kappa shape index (κ3) is 3.89. The normalized spacial score (nSPS) is 11.2. The molecule has 0 radical (unpaired) electrons. The van der Waals surface area contributed by atoms with Crippen LogP contribution in [0.3, 0.4) is 0 Å². The Morgan fingerprint density at radius 1 is 1.48 bits per heavy atom. The van der Waals surface area contributed by atoms with Crippen molar-refractivity contribution in [3.63, 3.8) is 0 Å². The van der Waals surface area contributed by atoms with Crippen molar-refractivity contribution in [2.24, 2.45) is 5.73 Å². The Balaban J connectivity index is 2.14. The number of aromatic nitrogens is 1. The van der Waals surface area contributed by atoms with E-state index in [0.29, 0.717) is 13.1 Å². The first kappa shape index (κ1) is 15.7. The van der Waals surface area contributed by atoms with Crippen LogP contribution in [0.5, 0.6) is 0 Å². The summed E-state index contributed by atoms with van der Waals surface area (Å²) in [6.07, 6.45) is 2.89. The second-order valence-electron chi connectivity index (χ2n) is 4.26. The molecule has 2 rings (SSSR count). The van der Waals surface area contributed by atoms with Gasteiger partial charge in [0.25, 0.3) is 0 Å². The van der Waals surface area contributed by atoms with Gasteiger partial charge in [-0.25, -0.2) is 8.42 Å². The summed E-state index contributed by atoms with van der Waals surface area (Å²) in [5, 5.41) is 1.89. The van der Waals surface area contributed by atoms with Crippen molar-refractivity contribution in [1.82, 2.24) is 9.29 Å². The molecule has 0 fully saturated rings. The van der Waals surface area contributed by atoms with Crippen molar-refractivity contribution in [2.75, 3.05) is 13.6 Å². The second kappa shape index (κ2) is 6.83. The highest BCUT2D eigenvalue weighted by Gasteiger charge is 2.21. The molecule has 21 heavy (non-hydrogen) atoms. The maximum absolute atomic E-state index is 12.4. The average molecular weight is 321 g/mol. The molecule has 2 aromatic heterocycles. The number of hydrogen-bond acceptors (Lipinski definition) is 5. The zero-order valence-electron chi connectivity index (χ0n) is 11.5. The van der Waals surface area contributed by atoms with Gasteiger partial charge in [-0.15, -0.1) is 11.3 Å².